The van der Waals surface area contributed by atoms with E-state index in [-0.39, 0.29) is 18.2 Å². The number of methoxy groups -OCH3 is 1. The molecule has 0 amide bonds. The van der Waals surface area contributed by atoms with Crippen LogP contribution in [0, 0.1) is 10.1 Å². The summed E-state index contributed by atoms with van der Waals surface area (Å²) in [6, 6.07) is 6.46. The van der Waals surface area contributed by atoms with Crippen LogP contribution in [-0.4, -0.2) is 31.2 Å². The van der Waals surface area contributed by atoms with Gasteiger partial charge in [0.15, 0.2) is 0 Å². The average molecular weight is 374 g/mol. The van der Waals surface area contributed by atoms with E-state index in [2.05, 4.69) is 12.2 Å². The molecule has 0 aliphatic carbocycles. The van der Waals surface area contributed by atoms with Crippen LogP contribution in [0.15, 0.2) is 46.8 Å². The number of ether oxygens (including phenoxy) is 2. The average Bonchev–Trinajstić information content (AvgIpc) is 2.63. The first kappa shape index (κ1) is 20.6. The zero-order valence-corrected chi connectivity index (χ0v) is 16.2. The molecule has 1 atom stereocenters. The lowest BCUT2D eigenvalue weighted by Gasteiger charge is -2.31. The molecule has 1 aliphatic heterocycles. The van der Waals surface area contributed by atoms with Crippen molar-refractivity contribution >= 4 is 11.7 Å². The smallest absolute Gasteiger partial charge is 0.336 e. The molecular formula is C20H26N2O5. The van der Waals surface area contributed by atoms with E-state index in [1.165, 1.54) is 19.2 Å². The predicted molar refractivity (Wildman–Crippen MR) is 102 cm³/mol. The number of carbonyl (C=O) groups excluding carboxylic acids is 1. The number of nitrogens with zero attached hydrogens (tertiary/aromatic N) is 1. The number of hydrogen-bond donors (Lipinski definition) is 1. The van der Waals surface area contributed by atoms with Gasteiger partial charge in [-0.25, -0.2) is 4.79 Å². The lowest BCUT2D eigenvalue weighted by molar-refractivity contribution is -0.384. The summed E-state index contributed by atoms with van der Waals surface area (Å²) in [6.45, 7) is 6.31. The van der Waals surface area contributed by atoms with Gasteiger partial charge in [-0.15, -0.1) is 0 Å². The SMILES string of the molecule is CCCC1=C(C)NC(C)=C(C(=O)OCCOC)[C@H]1c1cccc([N+](=O)[O-])c1. The molecular weight excluding hydrogens is 348 g/mol. The fourth-order valence-corrected chi connectivity index (χ4v) is 3.39. The fourth-order valence-electron chi connectivity index (χ4n) is 3.39. The molecule has 27 heavy (non-hydrogen) atoms. The van der Waals surface area contributed by atoms with Crippen LogP contribution < -0.4 is 5.32 Å². The lowest BCUT2D eigenvalue weighted by atomic mass is 9.78. The second-order valence-electron chi connectivity index (χ2n) is 6.48. The second kappa shape index (κ2) is 9.32. The highest BCUT2D eigenvalue weighted by atomic mass is 16.6. The number of non-ortho nitro benzene ring substituents is 1. The third kappa shape index (κ3) is 4.74. The van der Waals surface area contributed by atoms with Crippen LogP contribution in [0.2, 0.25) is 0 Å². The molecule has 1 N–H and O–H groups in total. The number of carbonyl (C=O) groups is 1. The fraction of sp³-hybridized carbons (Fsp3) is 0.450. The van der Waals surface area contributed by atoms with Crippen molar-refractivity contribution in [1.29, 1.82) is 0 Å². The molecule has 0 fully saturated rings. The highest BCUT2D eigenvalue weighted by Gasteiger charge is 2.34. The van der Waals surface area contributed by atoms with E-state index in [1.54, 1.807) is 6.07 Å². The Kier molecular flexibility index (Phi) is 7.12. The number of benzene rings is 1. The van der Waals surface area contributed by atoms with Crippen LogP contribution in [0.4, 0.5) is 5.69 Å². The van der Waals surface area contributed by atoms with Crippen molar-refractivity contribution in [3.63, 3.8) is 0 Å². The molecule has 1 aromatic rings. The summed E-state index contributed by atoms with van der Waals surface area (Å²) >= 11 is 0. The van der Waals surface area contributed by atoms with Gasteiger partial charge in [-0.05, 0) is 31.4 Å². The van der Waals surface area contributed by atoms with Gasteiger partial charge < -0.3 is 14.8 Å². The molecule has 0 spiro atoms. The molecule has 0 aromatic heterocycles. The van der Waals surface area contributed by atoms with Gasteiger partial charge in [0.1, 0.15) is 6.61 Å². The minimum atomic E-state index is -0.436. The molecule has 0 unspecified atom stereocenters. The Morgan fingerprint density at radius 3 is 2.63 bits per heavy atom. The molecule has 0 saturated carbocycles. The van der Waals surface area contributed by atoms with Gasteiger partial charge >= 0.3 is 5.97 Å². The maximum Gasteiger partial charge on any atom is 0.336 e. The topological polar surface area (TPSA) is 90.7 Å². The number of rotatable bonds is 8. The van der Waals surface area contributed by atoms with E-state index < -0.39 is 10.9 Å². The maximum absolute atomic E-state index is 12.8. The van der Waals surface area contributed by atoms with Crippen LogP contribution in [-0.2, 0) is 14.3 Å². The molecule has 2 rings (SSSR count). The van der Waals surface area contributed by atoms with E-state index >= 15 is 0 Å². The van der Waals surface area contributed by atoms with Crippen LogP contribution in [0.25, 0.3) is 0 Å². The zero-order chi connectivity index (χ0) is 20.0. The highest BCUT2D eigenvalue weighted by Crippen LogP contribution is 2.41. The Hall–Kier alpha value is -2.67. The van der Waals surface area contributed by atoms with Gasteiger partial charge in [0, 0.05) is 36.6 Å². The Morgan fingerprint density at radius 2 is 2.00 bits per heavy atom. The molecule has 0 radical (unpaired) electrons. The molecule has 0 saturated heterocycles. The highest BCUT2D eigenvalue weighted by molar-refractivity contribution is 5.92. The van der Waals surface area contributed by atoms with E-state index in [1.807, 2.05) is 19.9 Å². The van der Waals surface area contributed by atoms with Crippen molar-refractivity contribution in [2.24, 2.45) is 0 Å². The number of hydrogen-bond acceptors (Lipinski definition) is 6. The number of allylic oxidation sites excluding steroid dienone is 3. The Balaban J connectivity index is 2.52. The molecule has 0 bridgehead atoms. The van der Waals surface area contributed by atoms with Gasteiger partial charge in [-0.2, -0.15) is 0 Å². The first-order valence-corrected chi connectivity index (χ1v) is 8.98. The van der Waals surface area contributed by atoms with E-state index in [4.69, 9.17) is 9.47 Å². The first-order chi connectivity index (χ1) is 12.9. The number of nitrogens with one attached hydrogen (secondary N) is 1. The normalized spacial score (nSPS) is 17.0. The standard InChI is InChI=1S/C20H26N2O5/c1-5-7-17-13(2)21-14(3)18(20(23)27-11-10-26-4)19(17)15-8-6-9-16(12-15)22(24)25/h6,8-9,12,19,21H,5,7,10-11H2,1-4H3/t19-/m0/s1. The summed E-state index contributed by atoms with van der Waals surface area (Å²) in [5.74, 6) is -0.809. The summed E-state index contributed by atoms with van der Waals surface area (Å²) in [5.41, 5.74) is 3.92. The van der Waals surface area contributed by atoms with E-state index in [0.717, 1.165) is 24.1 Å². The quantitative estimate of drug-likeness (QED) is 0.322. The first-order valence-electron chi connectivity index (χ1n) is 8.98. The molecule has 1 aliphatic rings. The summed E-state index contributed by atoms with van der Waals surface area (Å²) in [6.07, 6.45) is 1.67. The molecule has 7 heteroatoms. The second-order valence-corrected chi connectivity index (χ2v) is 6.48. The number of nitro benzene ring substituents is 1. The van der Waals surface area contributed by atoms with E-state index in [9.17, 15) is 14.9 Å². The Bertz CT molecular complexity index is 782. The van der Waals surface area contributed by atoms with E-state index in [0.29, 0.717) is 23.4 Å². The van der Waals surface area contributed by atoms with Crippen molar-refractivity contribution in [1.82, 2.24) is 5.32 Å². The predicted octanol–water partition coefficient (Wildman–Crippen LogP) is 3.82. The molecule has 1 aromatic carbocycles. The molecule has 7 nitrogen and oxygen atoms in total. The Morgan fingerprint density at radius 1 is 1.26 bits per heavy atom. The van der Waals surface area contributed by atoms with Crippen molar-refractivity contribution in [3.8, 4) is 0 Å². The minimum Gasteiger partial charge on any atom is -0.460 e. The third-order valence-electron chi connectivity index (χ3n) is 4.57. The minimum absolute atomic E-state index is 0.00397. The van der Waals surface area contributed by atoms with Crippen molar-refractivity contribution < 1.29 is 19.2 Å². The third-order valence-corrected chi connectivity index (χ3v) is 4.57. The van der Waals surface area contributed by atoms with Crippen LogP contribution in [0.1, 0.15) is 45.1 Å². The molecule has 1 heterocycles. The number of esters is 1. The summed E-state index contributed by atoms with van der Waals surface area (Å²) in [4.78, 5) is 23.6. The summed E-state index contributed by atoms with van der Waals surface area (Å²) < 4.78 is 10.3. The summed E-state index contributed by atoms with van der Waals surface area (Å²) in [5, 5.41) is 14.5. The van der Waals surface area contributed by atoms with Crippen molar-refractivity contribution in [3.05, 3.63) is 62.5 Å². The van der Waals surface area contributed by atoms with Gasteiger partial charge in [0.25, 0.3) is 5.69 Å². The number of dihydropyridines is 1. The Labute approximate surface area is 159 Å². The van der Waals surface area contributed by atoms with Gasteiger partial charge in [-0.1, -0.05) is 25.5 Å². The number of nitro groups is 1. The summed E-state index contributed by atoms with van der Waals surface area (Å²) in [7, 11) is 1.54. The van der Waals surface area contributed by atoms with Gasteiger partial charge in [-0.3, -0.25) is 10.1 Å². The van der Waals surface area contributed by atoms with Crippen LogP contribution in [0.3, 0.4) is 0 Å². The monoisotopic (exact) mass is 374 g/mol. The van der Waals surface area contributed by atoms with Crippen molar-refractivity contribution in [2.75, 3.05) is 20.3 Å². The lowest BCUT2D eigenvalue weighted by Crippen LogP contribution is -2.29. The van der Waals surface area contributed by atoms with Crippen molar-refractivity contribution in [2.45, 2.75) is 39.5 Å². The van der Waals surface area contributed by atoms with Gasteiger partial charge in [0.05, 0.1) is 17.1 Å². The largest absolute Gasteiger partial charge is 0.460 e. The zero-order valence-electron chi connectivity index (χ0n) is 16.2. The van der Waals surface area contributed by atoms with Gasteiger partial charge in [0.2, 0.25) is 0 Å². The van der Waals surface area contributed by atoms with Crippen LogP contribution >= 0.6 is 0 Å². The molecule has 146 valence electrons. The van der Waals surface area contributed by atoms with Crippen LogP contribution in [0.5, 0.6) is 0 Å². The maximum atomic E-state index is 12.8.